The minimum absolute atomic E-state index is 0.0162. The normalized spacial score (nSPS) is 23.4. The van der Waals surface area contributed by atoms with Crippen molar-refractivity contribution in [3.63, 3.8) is 0 Å². The van der Waals surface area contributed by atoms with E-state index in [0.29, 0.717) is 41.4 Å². The third-order valence-electron chi connectivity index (χ3n) is 7.64. The summed E-state index contributed by atoms with van der Waals surface area (Å²) in [4.78, 5) is 26.3. The van der Waals surface area contributed by atoms with Crippen LogP contribution in [-0.4, -0.2) is 61.5 Å². The summed E-state index contributed by atoms with van der Waals surface area (Å²) in [6.07, 6.45) is 5.05. The van der Waals surface area contributed by atoms with E-state index in [0.717, 1.165) is 12.8 Å². The minimum Gasteiger partial charge on any atom is -0.494 e. The molecule has 1 aliphatic carbocycles. The number of nitrogens with one attached hydrogen (secondary N) is 1. The van der Waals surface area contributed by atoms with Crippen molar-refractivity contribution in [2.75, 3.05) is 19.9 Å². The maximum atomic E-state index is 15.6. The summed E-state index contributed by atoms with van der Waals surface area (Å²) in [6.45, 7) is 6.97. The van der Waals surface area contributed by atoms with Crippen molar-refractivity contribution in [2.45, 2.75) is 69.3 Å². The molecule has 0 bridgehead atoms. The van der Waals surface area contributed by atoms with Crippen LogP contribution in [0.3, 0.4) is 0 Å². The molecule has 5 rings (SSSR count). The molecule has 2 atom stereocenters. The Bertz CT molecular complexity index is 1650. The second kappa shape index (κ2) is 10.8. The first-order chi connectivity index (χ1) is 19.8. The minimum atomic E-state index is -3.00. The number of amides is 1. The number of hydrogen-bond acceptors (Lipinski definition) is 10. The summed E-state index contributed by atoms with van der Waals surface area (Å²) >= 11 is 0. The lowest BCUT2D eigenvalue weighted by Crippen LogP contribution is -2.59. The molecule has 1 spiro atoms. The molecular weight excluding hydrogens is 563 g/mol. The Kier molecular flexibility index (Phi) is 7.58. The van der Waals surface area contributed by atoms with Crippen molar-refractivity contribution in [1.29, 1.82) is 0 Å². The summed E-state index contributed by atoms with van der Waals surface area (Å²) in [7, 11) is 0.0380. The number of alkyl carbamates (subject to hydrolysis) is 1. The molecule has 1 aromatic carbocycles. The Labute approximate surface area is 244 Å². The first-order valence-electron chi connectivity index (χ1n) is 13.7. The molecule has 0 saturated heterocycles. The van der Waals surface area contributed by atoms with Gasteiger partial charge in [-0.2, -0.15) is 0 Å². The molecule has 11 nitrogen and oxygen atoms in total. The van der Waals surface area contributed by atoms with Gasteiger partial charge >= 0.3 is 6.09 Å². The highest BCUT2D eigenvalue weighted by molar-refractivity contribution is 7.95. The number of benzene rings is 1. The molecule has 13 heteroatoms. The van der Waals surface area contributed by atoms with Crippen molar-refractivity contribution in [3.05, 3.63) is 48.0 Å². The lowest BCUT2D eigenvalue weighted by molar-refractivity contribution is 0.0560. The second-order valence-corrected chi connectivity index (χ2v) is 14.5. The van der Waals surface area contributed by atoms with Crippen molar-refractivity contribution in [2.24, 2.45) is 9.36 Å². The molecule has 1 N–H and O–H groups in total. The van der Waals surface area contributed by atoms with E-state index in [-0.39, 0.29) is 17.2 Å². The standard InChI is InChI=1S/C29H35FN6O5S/c1-27(2,3)40-26(37)34-25-29(11-7-8-12-29)42(38,31-5)17-28(4,35-25)20-13-18(9-10-21(20)30)23-14-22(36-41-23)24-32-15-19(39-6)16-33-24/h9-10,13-16H,7-8,11-12,17H2,1-6H3,(H,34,35,37)/t28-,42+/m0/s1. The molecule has 3 aromatic rings. The zero-order valence-corrected chi connectivity index (χ0v) is 25.4. The van der Waals surface area contributed by atoms with Gasteiger partial charge in [0, 0.05) is 24.2 Å². The van der Waals surface area contributed by atoms with Gasteiger partial charge in [0.05, 0.1) is 35.0 Å². The number of rotatable bonds is 4. The summed E-state index contributed by atoms with van der Waals surface area (Å²) in [5, 5.41) is 6.87. The smallest absolute Gasteiger partial charge is 0.413 e. The van der Waals surface area contributed by atoms with Gasteiger partial charge in [-0.15, -0.1) is 0 Å². The van der Waals surface area contributed by atoms with E-state index in [9.17, 15) is 9.00 Å². The SMILES string of the molecule is CN=[S@@]1(=O)C[C@@](C)(c2cc(-c3cc(-c4ncc(OC)cn4)no3)ccc2F)N=C(NC(=O)OC(C)(C)C)C12CCCC2. The highest BCUT2D eigenvalue weighted by Crippen LogP contribution is 2.47. The maximum absolute atomic E-state index is 15.6. The lowest BCUT2D eigenvalue weighted by atomic mass is 9.91. The van der Waals surface area contributed by atoms with Crippen LogP contribution in [0.2, 0.25) is 0 Å². The number of nitrogens with zero attached hydrogens (tertiary/aromatic N) is 5. The Morgan fingerprint density at radius 3 is 2.48 bits per heavy atom. The van der Waals surface area contributed by atoms with Gasteiger partial charge < -0.3 is 14.0 Å². The summed E-state index contributed by atoms with van der Waals surface area (Å²) in [6, 6.07) is 6.13. The fourth-order valence-electron chi connectivity index (χ4n) is 5.63. The highest BCUT2D eigenvalue weighted by atomic mass is 32.2. The first kappa shape index (κ1) is 29.6. The number of ether oxygens (including phenoxy) is 2. The number of hydrogen-bond donors (Lipinski definition) is 1. The number of carbonyl (C=O) groups excluding carboxylic acids is 1. The Morgan fingerprint density at radius 1 is 1.17 bits per heavy atom. The van der Waals surface area contributed by atoms with Gasteiger partial charge in [-0.1, -0.05) is 18.0 Å². The van der Waals surface area contributed by atoms with Gasteiger partial charge in [-0.3, -0.25) is 10.3 Å². The van der Waals surface area contributed by atoms with Crippen LogP contribution in [0, 0.1) is 5.82 Å². The maximum Gasteiger partial charge on any atom is 0.413 e. The van der Waals surface area contributed by atoms with Crippen LogP contribution in [0.1, 0.15) is 58.9 Å². The zero-order chi connectivity index (χ0) is 30.3. The van der Waals surface area contributed by atoms with Crippen LogP contribution >= 0.6 is 0 Å². The highest BCUT2D eigenvalue weighted by Gasteiger charge is 2.55. The van der Waals surface area contributed by atoms with Crippen LogP contribution in [0.4, 0.5) is 9.18 Å². The van der Waals surface area contributed by atoms with Crippen molar-refractivity contribution in [3.8, 4) is 28.6 Å². The van der Waals surface area contributed by atoms with E-state index in [1.54, 1.807) is 45.9 Å². The third kappa shape index (κ3) is 5.37. The van der Waals surface area contributed by atoms with E-state index in [2.05, 4.69) is 24.8 Å². The first-order valence-corrected chi connectivity index (χ1v) is 15.4. The predicted octanol–water partition coefficient (Wildman–Crippen LogP) is 5.51. The van der Waals surface area contributed by atoms with Crippen LogP contribution in [0.5, 0.6) is 5.75 Å². The molecule has 2 aliphatic rings. The fourth-order valence-corrected chi connectivity index (χ4v) is 8.70. The topological polar surface area (TPSA) is 141 Å². The van der Waals surface area contributed by atoms with Gasteiger partial charge in [-0.05, 0) is 58.7 Å². The average molecular weight is 599 g/mol. The molecule has 1 amide bonds. The van der Waals surface area contributed by atoms with E-state index in [4.69, 9.17) is 19.0 Å². The molecule has 0 unspecified atom stereocenters. The van der Waals surface area contributed by atoms with Crippen LogP contribution in [-0.2, 0) is 20.0 Å². The average Bonchev–Trinajstić information content (AvgIpc) is 3.63. The molecule has 42 heavy (non-hydrogen) atoms. The number of amidine groups is 1. The number of halogens is 1. The van der Waals surface area contributed by atoms with Crippen LogP contribution < -0.4 is 10.1 Å². The van der Waals surface area contributed by atoms with Crippen molar-refractivity contribution in [1.82, 2.24) is 20.4 Å². The predicted molar refractivity (Wildman–Crippen MR) is 156 cm³/mol. The largest absolute Gasteiger partial charge is 0.494 e. The molecule has 1 saturated carbocycles. The fraction of sp³-hybridized carbons (Fsp3) is 0.483. The van der Waals surface area contributed by atoms with Gasteiger partial charge in [0.2, 0.25) is 0 Å². The lowest BCUT2D eigenvalue weighted by Gasteiger charge is -2.43. The summed E-state index contributed by atoms with van der Waals surface area (Å²) < 4.78 is 49.9. The van der Waals surface area contributed by atoms with E-state index >= 15 is 4.39 Å². The van der Waals surface area contributed by atoms with E-state index < -0.39 is 37.5 Å². The van der Waals surface area contributed by atoms with Gasteiger partial charge in [0.25, 0.3) is 0 Å². The summed E-state index contributed by atoms with van der Waals surface area (Å²) in [5.74, 6) is 0.859. The van der Waals surface area contributed by atoms with E-state index in [1.807, 2.05) is 0 Å². The molecule has 2 aromatic heterocycles. The molecule has 1 fully saturated rings. The zero-order valence-electron chi connectivity index (χ0n) is 24.6. The molecule has 0 radical (unpaired) electrons. The number of aliphatic imine (C=N–C) groups is 1. The second-order valence-electron chi connectivity index (χ2n) is 11.7. The molecule has 224 valence electrons. The van der Waals surface area contributed by atoms with Crippen LogP contribution in [0.25, 0.3) is 22.8 Å². The third-order valence-corrected chi connectivity index (χ3v) is 11.0. The number of aromatic nitrogens is 3. The number of carbonyl (C=O) groups is 1. The van der Waals surface area contributed by atoms with Gasteiger partial charge in [-0.25, -0.2) is 27.7 Å². The van der Waals surface area contributed by atoms with E-state index in [1.165, 1.54) is 32.6 Å². The molecular formula is C29H35FN6O5S. The Morgan fingerprint density at radius 2 is 1.86 bits per heavy atom. The van der Waals surface area contributed by atoms with Crippen molar-refractivity contribution < 1.29 is 27.4 Å². The van der Waals surface area contributed by atoms with Gasteiger partial charge in [0.15, 0.2) is 23.0 Å². The quantitative estimate of drug-likeness (QED) is 0.415. The summed E-state index contributed by atoms with van der Waals surface area (Å²) in [5.41, 5.74) is -0.976. The van der Waals surface area contributed by atoms with Gasteiger partial charge in [0.1, 0.15) is 27.5 Å². The Balaban J connectivity index is 1.57. The Hall–Kier alpha value is -3.87. The van der Waals surface area contributed by atoms with Crippen molar-refractivity contribution >= 4 is 21.7 Å². The molecule has 1 aliphatic heterocycles. The van der Waals surface area contributed by atoms with Crippen LogP contribution in [0.15, 0.2) is 50.5 Å². The monoisotopic (exact) mass is 598 g/mol. The number of methoxy groups -OCH3 is 1. The molecule has 3 heterocycles.